The average molecular weight is 243 g/mol. The van der Waals surface area contributed by atoms with Crippen molar-refractivity contribution >= 4 is 11.9 Å². The van der Waals surface area contributed by atoms with E-state index in [-0.39, 0.29) is 12.3 Å². The van der Waals surface area contributed by atoms with E-state index in [0.29, 0.717) is 25.8 Å². The molecule has 0 bridgehead atoms. The van der Waals surface area contributed by atoms with Crippen LogP contribution in [0.2, 0.25) is 0 Å². The maximum absolute atomic E-state index is 11.6. The van der Waals surface area contributed by atoms with Gasteiger partial charge in [-0.3, -0.25) is 9.59 Å². The van der Waals surface area contributed by atoms with Gasteiger partial charge < -0.3 is 15.5 Å². The second-order valence-corrected chi connectivity index (χ2v) is 4.96. The van der Waals surface area contributed by atoms with Crippen LogP contribution in [0.4, 0.5) is 0 Å². The van der Waals surface area contributed by atoms with Gasteiger partial charge in [0.05, 0.1) is 11.5 Å². The lowest BCUT2D eigenvalue weighted by Gasteiger charge is -2.22. The highest BCUT2D eigenvalue weighted by atomic mass is 16.4. The third-order valence-electron chi connectivity index (χ3n) is 3.40. The average Bonchev–Trinajstić information content (AvgIpc) is 2.66. The predicted octanol–water partition coefficient (Wildman–Crippen LogP) is 0.909. The zero-order chi connectivity index (χ0) is 12.9. The van der Waals surface area contributed by atoms with Gasteiger partial charge in [-0.2, -0.15) is 0 Å². The van der Waals surface area contributed by atoms with Crippen LogP contribution in [-0.2, 0) is 9.59 Å². The Bertz CT molecular complexity index is 282. The van der Waals surface area contributed by atoms with Crippen LogP contribution in [0, 0.1) is 5.41 Å². The lowest BCUT2D eigenvalue weighted by atomic mass is 9.82. The largest absolute Gasteiger partial charge is 0.481 e. The Kier molecular flexibility index (Phi) is 4.93. The third-order valence-corrected chi connectivity index (χ3v) is 3.40. The second-order valence-electron chi connectivity index (χ2n) is 4.96. The molecule has 0 aliphatic heterocycles. The Hall–Kier alpha value is -1.10. The first-order chi connectivity index (χ1) is 7.96. The molecule has 0 radical (unpaired) electrons. The standard InChI is InChI=1S/C12H21NO4/c1-9(14)4-7-13-10(15)8-12(11(16)17)5-2-3-6-12/h9,14H,2-8H2,1H3,(H,13,15)(H,16,17). The first kappa shape index (κ1) is 14.0. The number of carbonyl (C=O) groups excluding carboxylic acids is 1. The van der Waals surface area contributed by atoms with Crippen molar-refractivity contribution in [2.24, 2.45) is 5.41 Å². The summed E-state index contributed by atoms with van der Waals surface area (Å²) in [6.07, 6.45) is 3.04. The Morgan fingerprint density at radius 2 is 1.94 bits per heavy atom. The summed E-state index contributed by atoms with van der Waals surface area (Å²) in [5, 5.41) is 20.9. The maximum Gasteiger partial charge on any atom is 0.310 e. The lowest BCUT2D eigenvalue weighted by molar-refractivity contribution is -0.151. The zero-order valence-corrected chi connectivity index (χ0v) is 10.2. The van der Waals surface area contributed by atoms with Crippen LogP contribution >= 0.6 is 0 Å². The predicted molar refractivity (Wildman–Crippen MR) is 62.5 cm³/mol. The summed E-state index contributed by atoms with van der Waals surface area (Å²) in [6.45, 7) is 2.05. The normalized spacial score (nSPS) is 19.9. The highest BCUT2D eigenvalue weighted by Crippen LogP contribution is 2.41. The molecule has 3 N–H and O–H groups in total. The van der Waals surface area contributed by atoms with Crippen LogP contribution in [0.25, 0.3) is 0 Å². The summed E-state index contributed by atoms with van der Waals surface area (Å²) in [4.78, 5) is 22.9. The summed E-state index contributed by atoms with van der Waals surface area (Å²) in [6, 6.07) is 0. The number of carboxylic acids is 1. The molecule has 17 heavy (non-hydrogen) atoms. The first-order valence-corrected chi connectivity index (χ1v) is 6.14. The van der Waals surface area contributed by atoms with Crippen LogP contribution in [0.1, 0.15) is 45.4 Å². The molecule has 0 aromatic rings. The molecule has 1 aliphatic carbocycles. The molecule has 98 valence electrons. The van der Waals surface area contributed by atoms with Gasteiger partial charge >= 0.3 is 5.97 Å². The van der Waals surface area contributed by atoms with Gasteiger partial charge in [0.15, 0.2) is 0 Å². The summed E-state index contributed by atoms with van der Waals surface area (Å²) in [7, 11) is 0. The van der Waals surface area contributed by atoms with Crippen LogP contribution in [0.5, 0.6) is 0 Å². The molecule has 0 saturated heterocycles. The summed E-state index contributed by atoms with van der Waals surface area (Å²) >= 11 is 0. The molecule has 1 fully saturated rings. The van der Waals surface area contributed by atoms with Crippen molar-refractivity contribution in [3.8, 4) is 0 Å². The van der Waals surface area contributed by atoms with Crippen molar-refractivity contribution in [2.75, 3.05) is 6.54 Å². The minimum Gasteiger partial charge on any atom is -0.481 e. The number of aliphatic carboxylic acids is 1. The molecule has 5 heteroatoms. The van der Waals surface area contributed by atoms with Gasteiger partial charge in [0.25, 0.3) is 0 Å². The van der Waals surface area contributed by atoms with Crippen molar-refractivity contribution in [2.45, 2.75) is 51.6 Å². The number of hydrogen-bond donors (Lipinski definition) is 3. The number of aliphatic hydroxyl groups is 1. The molecule has 1 rings (SSSR count). The Morgan fingerprint density at radius 1 is 1.35 bits per heavy atom. The fourth-order valence-corrected chi connectivity index (χ4v) is 2.31. The molecule has 1 unspecified atom stereocenters. The van der Waals surface area contributed by atoms with Gasteiger partial charge in [-0.1, -0.05) is 12.8 Å². The number of carbonyl (C=O) groups is 2. The van der Waals surface area contributed by atoms with Crippen molar-refractivity contribution in [1.29, 1.82) is 0 Å². The summed E-state index contributed by atoms with van der Waals surface area (Å²) in [5.41, 5.74) is -0.852. The highest BCUT2D eigenvalue weighted by Gasteiger charge is 2.42. The van der Waals surface area contributed by atoms with Gasteiger partial charge in [0.1, 0.15) is 0 Å². The smallest absolute Gasteiger partial charge is 0.310 e. The van der Waals surface area contributed by atoms with Gasteiger partial charge in [0.2, 0.25) is 5.91 Å². The Balaban J connectivity index is 2.40. The van der Waals surface area contributed by atoms with E-state index < -0.39 is 17.5 Å². The summed E-state index contributed by atoms with van der Waals surface area (Å²) in [5.74, 6) is -1.09. The van der Waals surface area contributed by atoms with Crippen LogP contribution < -0.4 is 5.32 Å². The van der Waals surface area contributed by atoms with Crippen LogP contribution in [-0.4, -0.2) is 34.7 Å². The van der Waals surface area contributed by atoms with E-state index in [1.54, 1.807) is 6.92 Å². The zero-order valence-electron chi connectivity index (χ0n) is 10.2. The van der Waals surface area contributed by atoms with Gasteiger partial charge in [0, 0.05) is 13.0 Å². The van der Waals surface area contributed by atoms with E-state index >= 15 is 0 Å². The minimum atomic E-state index is -0.860. The Morgan fingerprint density at radius 3 is 2.41 bits per heavy atom. The lowest BCUT2D eigenvalue weighted by Crippen LogP contribution is -2.36. The number of hydrogen-bond acceptors (Lipinski definition) is 3. The van der Waals surface area contributed by atoms with Crippen molar-refractivity contribution in [1.82, 2.24) is 5.32 Å². The van der Waals surface area contributed by atoms with E-state index in [1.807, 2.05) is 0 Å². The molecule has 0 heterocycles. The minimum absolute atomic E-state index is 0.0577. The second kappa shape index (κ2) is 6.00. The molecule has 5 nitrogen and oxygen atoms in total. The molecule has 1 saturated carbocycles. The van der Waals surface area contributed by atoms with Crippen molar-refractivity contribution < 1.29 is 19.8 Å². The quantitative estimate of drug-likeness (QED) is 0.647. The van der Waals surface area contributed by atoms with Gasteiger partial charge in [-0.05, 0) is 26.2 Å². The fourth-order valence-electron chi connectivity index (χ4n) is 2.31. The van der Waals surface area contributed by atoms with E-state index in [4.69, 9.17) is 5.11 Å². The molecular formula is C12H21NO4. The SMILES string of the molecule is CC(O)CCNC(=O)CC1(C(=O)O)CCCC1. The molecule has 1 aliphatic rings. The molecule has 0 aromatic carbocycles. The monoisotopic (exact) mass is 243 g/mol. The van der Waals surface area contributed by atoms with Crippen LogP contribution in [0.3, 0.4) is 0 Å². The number of aliphatic hydroxyl groups excluding tert-OH is 1. The maximum atomic E-state index is 11.6. The molecule has 0 aromatic heterocycles. The molecule has 1 atom stereocenters. The van der Waals surface area contributed by atoms with Gasteiger partial charge in [-0.15, -0.1) is 0 Å². The van der Waals surface area contributed by atoms with E-state index in [0.717, 1.165) is 12.8 Å². The van der Waals surface area contributed by atoms with Crippen molar-refractivity contribution in [3.05, 3.63) is 0 Å². The van der Waals surface area contributed by atoms with E-state index in [1.165, 1.54) is 0 Å². The number of rotatable bonds is 6. The van der Waals surface area contributed by atoms with Crippen LogP contribution in [0.15, 0.2) is 0 Å². The first-order valence-electron chi connectivity index (χ1n) is 6.14. The Labute approximate surface area is 101 Å². The van der Waals surface area contributed by atoms with E-state index in [9.17, 15) is 14.7 Å². The number of carboxylic acid groups (broad SMARTS) is 1. The number of amides is 1. The molecule has 0 spiro atoms. The molecule has 1 amide bonds. The highest BCUT2D eigenvalue weighted by molar-refractivity contribution is 5.85. The van der Waals surface area contributed by atoms with E-state index in [2.05, 4.69) is 5.32 Å². The van der Waals surface area contributed by atoms with Crippen molar-refractivity contribution in [3.63, 3.8) is 0 Å². The number of nitrogens with one attached hydrogen (secondary N) is 1. The third kappa shape index (κ3) is 4.00. The molecular weight excluding hydrogens is 222 g/mol. The summed E-state index contributed by atoms with van der Waals surface area (Å²) < 4.78 is 0. The van der Waals surface area contributed by atoms with Gasteiger partial charge in [-0.25, -0.2) is 0 Å². The fraction of sp³-hybridized carbons (Fsp3) is 0.833. The topological polar surface area (TPSA) is 86.6 Å².